The molecule has 0 aliphatic carbocycles. The molecule has 1 N–H and O–H groups in total. The Balaban J connectivity index is 1.49. The summed E-state index contributed by atoms with van der Waals surface area (Å²) >= 11 is 0. The molecule has 1 heterocycles. The molecule has 1 aliphatic rings. The van der Waals surface area contributed by atoms with Crippen molar-refractivity contribution in [2.45, 2.75) is 26.1 Å². The van der Waals surface area contributed by atoms with Gasteiger partial charge >= 0.3 is 0 Å². The van der Waals surface area contributed by atoms with E-state index in [1.165, 1.54) is 18.9 Å². The average molecular weight is 509 g/mol. The molecule has 1 amide bonds. The molecule has 0 atom stereocenters. The molecule has 3 aromatic carbocycles. The Morgan fingerprint density at radius 3 is 1.97 bits per heavy atom. The lowest BCUT2D eigenvalue weighted by atomic mass is 10.1. The zero-order valence-corrected chi connectivity index (χ0v) is 21.3. The summed E-state index contributed by atoms with van der Waals surface area (Å²) in [7, 11) is 3.19. The Kier molecular flexibility index (Phi) is 9.21. The highest BCUT2D eigenvalue weighted by molar-refractivity contribution is 5.95. The molecular formula is C29H33FN2O5. The third-order valence-electron chi connectivity index (χ3n) is 6.31. The van der Waals surface area contributed by atoms with Crippen LogP contribution in [0.4, 0.5) is 4.39 Å². The van der Waals surface area contributed by atoms with Crippen LogP contribution in [0.25, 0.3) is 0 Å². The lowest BCUT2D eigenvalue weighted by molar-refractivity contribution is 0.0944. The summed E-state index contributed by atoms with van der Waals surface area (Å²) in [6.07, 6.45) is 2.35. The van der Waals surface area contributed by atoms with Crippen molar-refractivity contribution in [1.29, 1.82) is 0 Å². The first-order chi connectivity index (χ1) is 18.1. The number of hydrogen-bond acceptors (Lipinski definition) is 6. The Morgan fingerprint density at radius 1 is 0.838 bits per heavy atom. The highest BCUT2D eigenvalue weighted by Gasteiger charge is 2.21. The van der Waals surface area contributed by atoms with Gasteiger partial charge < -0.3 is 29.2 Å². The Bertz CT molecular complexity index is 1160. The topological polar surface area (TPSA) is 69.3 Å². The minimum absolute atomic E-state index is 0.0806. The predicted octanol–water partition coefficient (Wildman–Crippen LogP) is 4.83. The maximum atomic E-state index is 15.6. The van der Waals surface area contributed by atoms with Crippen LogP contribution in [0.15, 0.2) is 60.7 Å². The number of ether oxygens (including phenoxy) is 4. The van der Waals surface area contributed by atoms with Gasteiger partial charge in [-0.15, -0.1) is 0 Å². The second-order valence-corrected chi connectivity index (χ2v) is 8.83. The summed E-state index contributed by atoms with van der Waals surface area (Å²) in [6, 6.07) is 17.7. The molecule has 4 rings (SSSR count). The van der Waals surface area contributed by atoms with Gasteiger partial charge in [0, 0.05) is 13.1 Å². The van der Waals surface area contributed by atoms with Gasteiger partial charge in [0.15, 0.2) is 17.3 Å². The number of benzene rings is 3. The number of methoxy groups -OCH3 is 2. The molecule has 7 nitrogen and oxygen atoms in total. The van der Waals surface area contributed by atoms with Crippen molar-refractivity contribution in [2.24, 2.45) is 0 Å². The van der Waals surface area contributed by atoms with E-state index in [0.717, 1.165) is 36.5 Å². The normalized spacial score (nSPS) is 13.3. The fraction of sp³-hybridized carbons (Fsp3) is 0.345. The number of carbonyl (C=O) groups is 1. The molecule has 1 fully saturated rings. The van der Waals surface area contributed by atoms with E-state index in [1.807, 2.05) is 36.4 Å². The van der Waals surface area contributed by atoms with Crippen LogP contribution in [0.2, 0.25) is 0 Å². The second-order valence-electron chi connectivity index (χ2n) is 8.83. The number of nitrogens with one attached hydrogen (secondary N) is 1. The third-order valence-corrected chi connectivity index (χ3v) is 6.31. The molecule has 0 unspecified atom stereocenters. The van der Waals surface area contributed by atoms with Gasteiger partial charge in [0.1, 0.15) is 24.7 Å². The number of nitrogens with zero attached hydrogens (tertiary/aromatic N) is 1. The van der Waals surface area contributed by atoms with Crippen LogP contribution in [-0.2, 0) is 13.2 Å². The van der Waals surface area contributed by atoms with E-state index in [0.29, 0.717) is 12.3 Å². The van der Waals surface area contributed by atoms with Crippen molar-refractivity contribution in [1.82, 2.24) is 10.2 Å². The Morgan fingerprint density at radius 2 is 1.41 bits per heavy atom. The lowest BCUT2D eigenvalue weighted by Gasteiger charge is -2.17. The second kappa shape index (κ2) is 13.0. The van der Waals surface area contributed by atoms with Crippen molar-refractivity contribution < 1.29 is 28.1 Å². The first-order valence-electron chi connectivity index (χ1n) is 12.4. The summed E-state index contributed by atoms with van der Waals surface area (Å²) < 4.78 is 37.8. The fourth-order valence-corrected chi connectivity index (χ4v) is 4.15. The standard InChI is InChI=1S/C29H33FN2O5/c1-34-23-9-5-21(6-10-23)19-36-26-14-13-25(29(33)31-15-18-32-16-3-4-17-32)27(30)28(26)37-20-22-7-11-24(35-2)12-8-22/h5-14H,3-4,15-20H2,1-2H3,(H,31,33). The van der Waals surface area contributed by atoms with E-state index >= 15 is 4.39 Å². The predicted molar refractivity (Wildman–Crippen MR) is 139 cm³/mol. The molecule has 196 valence electrons. The maximum Gasteiger partial charge on any atom is 0.254 e. The van der Waals surface area contributed by atoms with E-state index < -0.39 is 11.7 Å². The number of halogens is 1. The smallest absolute Gasteiger partial charge is 0.254 e. The van der Waals surface area contributed by atoms with E-state index in [-0.39, 0.29) is 30.3 Å². The van der Waals surface area contributed by atoms with E-state index in [4.69, 9.17) is 18.9 Å². The van der Waals surface area contributed by atoms with Gasteiger partial charge in [-0.25, -0.2) is 4.39 Å². The van der Waals surface area contributed by atoms with E-state index in [9.17, 15) is 4.79 Å². The number of hydrogen-bond donors (Lipinski definition) is 1. The zero-order chi connectivity index (χ0) is 26.0. The van der Waals surface area contributed by atoms with Crippen molar-refractivity contribution in [3.63, 3.8) is 0 Å². The Labute approximate surface area is 217 Å². The molecule has 0 spiro atoms. The van der Waals surface area contributed by atoms with Gasteiger partial charge in [0.2, 0.25) is 0 Å². The molecule has 1 aliphatic heterocycles. The maximum absolute atomic E-state index is 15.6. The minimum atomic E-state index is -0.751. The molecule has 3 aromatic rings. The first-order valence-corrected chi connectivity index (χ1v) is 12.4. The number of carbonyl (C=O) groups excluding carboxylic acids is 1. The molecule has 1 saturated heterocycles. The van der Waals surface area contributed by atoms with Crippen LogP contribution in [0.5, 0.6) is 23.0 Å². The monoisotopic (exact) mass is 508 g/mol. The lowest BCUT2D eigenvalue weighted by Crippen LogP contribution is -2.33. The minimum Gasteiger partial charge on any atom is -0.497 e. The molecule has 8 heteroatoms. The van der Waals surface area contributed by atoms with Crippen LogP contribution in [0.3, 0.4) is 0 Å². The largest absolute Gasteiger partial charge is 0.497 e. The molecule has 0 radical (unpaired) electrons. The van der Waals surface area contributed by atoms with E-state index in [2.05, 4.69) is 10.2 Å². The Hall–Kier alpha value is -3.78. The molecule has 0 aromatic heterocycles. The van der Waals surface area contributed by atoms with Gasteiger partial charge in [-0.1, -0.05) is 24.3 Å². The van der Waals surface area contributed by atoms with Gasteiger partial charge in [0.25, 0.3) is 5.91 Å². The first kappa shape index (κ1) is 26.3. The van der Waals surface area contributed by atoms with E-state index in [1.54, 1.807) is 32.4 Å². The van der Waals surface area contributed by atoms with Crippen molar-refractivity contribution in [3.8, 4) is 23.0 Å². The summed E-state index contributed by atoms with van der Waals surface area (Å²) in [6.45, 7) is 3.57. The van der Waals surface area contributed by atoms with Crippen LogP contribution < -0.4 is 24.3 Å². The van der Waals surface area contributed by atoms with Crippen molar-refractivity contribution in [2.75, 3.05) is 40.4 Å². The summed E-state index contributed by atoms with van der Waals surface area (Å²) in [5.74, 6) is 0.337. The van der Waals surface area contributed by atoms with Gasteiger partial charge in [-0.3, -0.25) is 4.79 Å². The molecule has 0 saturated carbocycles. The highest BCUT2D eigenvalue weighted by Crippen LogP contribution is 2.34. The average Bonchev–Trinajstić information content (AvgIpc) is 3.45. The molecular weight excluding hydrogens is 475 g/mol. The van der Waals surface area contributed by atoms with Crippen LogP contribution >= 0.6 is 0 Å². The third kappa shape index (κ3) is 7.13. The van der Waals surface area contributed by atoms with Crippen molar-refractivity contribution >= 4 is 5.91 Å². The fourth-order valence-electron chi connectivity index (χ4n) is 4.15. The van der Waals surface area contributed by atoms with Gasteiger partial charge in [-0.2, -0.15) is 0 Å². The SMILES string of the molecule is COc1ccc(COc2ccc(C(=O)NCCN3CCCC3)c(F)c2OCc2ccc(OC)cc2)cc1. The van der Waals surface area contributed by atoms with Crippen molar-refractivity contribution in [3.05, 3.63) is 83.2 Å². The van der Waals surface area contributed by atoms with Crippen LogP contribution in [-0.4, -0.2) is 51.2 Å². The number of rotatable bonds is 12. The zero-order valence-electron chi connectivity index (χ0n) is 21.3. The van der Waals surface area contributed by atoms with Crippen LogP contribution in [0, 0.1) is 5.82 Å². The number of likely N-dealkylation sites (tertiary alicyclic amines) is 1. The quantitative estimate of drug-likeness (QED) is 0.378. The number of amides is 1. The molecule has 0 bridgehead atoms. The molecule has 37 heavy (non-hydrogen) atoms. The highest BCUT2D eigenvalue weighted by atomic mass is 19.1. The van der Waals surface area contributed by atoms with Gasteiger partial charge in [-0.05, 0) is 73.5 Å². The van der Waals surface area contributed by atoms with Crippen LogP contribution in [0.1, 0.15) is 34.3 Å². The summed E-state index contributed by atoms with van der Waals surface area (Å²) in [4.78, 5) is 15.1. The summed E-state index contributed by atoms with van der Waals surface area (Å²) in [5, 5.41) is 2.83. The summed E-state index contributed by atoms with van der Waals surface area (Å²) in [5.41, 5.74) is 1.62. The van der Waals surface area contributed by atoms with Gasteiger partial charge in [0.05, 0.1) is 19.8 Å².